The minimum absolute atomic E-state index is 0.213. The Balaban J connectivity index is 2.05. The third-order valence-electron chi connectivity index (χ3n) is 4.93. The largest absolute Gasteiger partial charge is 0.497 e. The van der Waals surface area contributed by atoms with Gasteiger partial charge in [0.1, 0.15) is 5.75 Å². The highest BCUT2D eigenvalue weighted by Gasteiger charge is 2.39. The standard InChI is InChI=1S/C23H23NO4/c1-15(18-8-6-5-7-9-18)24-16(2)21(23(26)28-4)20(22(24)25)14-17-10-12-19(27-3)13-11-17/h5-15H,1-4H3/b20-14-/t15-/m1/s1. The second-order valence-electron chi connectivity index (χ2n) is 6.54. The fourth-order valence-corrected chi connectivity index (χ4v) is 3.41. The number of ether oxygens (including phenoxy) is 2. The molecule has 1 amide bonds. The SMILES string of the molecule is COC(=O)C1=C(C)N([C@H](C)c2ccccc2)C(=O)/C1=C\c1ccc(OC)cc1. The van der Waals surface area contributed by atoms with Crippen molar-refractivity contribution < 1.29 is 19.1 Å². The first-order chi connectivity index (χ1) is 13.5. The molecule has 1 aliphatic rings. The molecule has 0 fully saturated rings. The fraction of sp³-hybridized carbons (Fsp3) is 0.217. The van der Waals surface area contributed by atoms with Gasteiger partial charge in [-0.05, 0) is 43.2 Å². The van der Waals surface area contributed by atoms with Crippen LogP contribution in [-0.4, -0.2) is 31.0 Å². The number of rotatable bonds is 5. The Morgan fingerprint density at radius 3 is 2.25 bits per heavy atom. The van der Waals surface area contributed by atoms with Gasteiger partial charge in [-0.2, -0.15) is 0 Å². The zero-order valence-electron chi connectivity index (χ0n) is 16.4. The van der Waals surface area contributed by atoms with Gasteiger partial charge in [0.2, 0.25) is 0 Å². The molecule has 0 aliphatic carbocycles. The Morgan fingerprint density at radius 1 is 1.04 bits per heavy atom. The summed E-state index contributed by atoms with van der Waals surface area (Å²) >= 11 is 0. The molecule has 0 saturated heterocycles. The van der Waals surface area contributed by atoms with Gasteiger partial charge in [0.25, 0.3) is 5.91 Å². The van der Waals surface area contributed by atoms with Gasteiger partial charge in [-0.25, -0.2) is 4.79 Å². The molecule has 5 heteroatoms. The average Bonchev–Trinajstić information content (AvgIpc) is 2.97. The first-order valence-electron chi connectivity index (χ1n) is 9.01. The quantitative estimate of drug-likeness (QED) is 0.581. The molecule has 0 saturated carbocycles. The Morgan fingerprint density at radius 2 is 1.68 bits per heavy atom. The lowest BCUT2D eigenvalue weighted by Crippen LogP contribution is -2.28. The summed E-state index contributed by atoms with van der Waals surface area (Å²) in [5.41, 5.74) is 3.01. The predicted molar refractivity (Wildman–Crippen MR) is 107 cm³/mol. The Hall–Kier alpha value is -3.34. The lowest BCUT2D eigenvalue weighted by Gasteiger charge is -2.26. The van der Waals surface area contributed by atoms with Gasteiger partial charge < -0.3 is 14.4 Å². The summed E-state index contributed by atoms with van der Waals surface area (Å²) in [4.78, 5) is 27.4. The highest BCUT2D eigenvalue weighted by atomic mass is 16.5. The van der Waals surface area contributed by atoms with E-state index in [9.17, 15) is 9.59 Å². The van der Waals surface area contributed by atoms with E-state index >= 15 is 0 Å². The summed E-state index contributed by atoms with van der Waals surface area (Å²) in [6, 6.07) is 16.8. The number of nitrogens with zero attached hydrogens (tertiary/aromatic N) is 1. The number of amides is 1. The fourth-order valence-electron chi connectivity index (χ4n) is 3.41. The number of methoxy groups -OCH3 is 2. The van der Waals surface area contributed by atoms with Gasteiger partial charge in [0, 0.05) is 5.70 Å². The van der Waals surface area contributed by atoms with Crippen LogP contribution in [-0.2, 0) is 14.3 Å². The van der Waals surface area contributed by atoms with Gasteiger partial charge in [-0.1, -0.05) is 42.5 Å². The Labute approximate surface area is 164 Å². The van der Waals surface area contributed by atoms with Crippen LogP contribution in [0.4, 0.5) is 0 Å². The second kappa shape index (κ2) is 8.13. The third kappa shape index (κ3) is 3.56. The van der Waals surface area contributed by atoms with Gasteiger partial charge in [-0.3, -0.25) is 4.79 Å². The molecule has 0 unspecified atom stereocenters. The molecule has 1 heterocycles. The molecule has 1 atom stereocenters. The molecule has 3 rings (SSSR count). The first kappa shape index (κ1) is 19.4. The van der Waals surface area contributed by atoms with Crippen molar-refractivity contribution in [1.82, 2.24) is 4.90 Å². The second-order valence-corrected chi connectivity index (χ2v) is 6.54. The van der Waals surface area contributed by atoms with E-state index < -0.39 is 5.97 Å². The van der Waals surface area contributed by atoms with E-state index in [1.54, 1.807) is 25.0 Å². The smallest absolute Gasteiger partial charge is 0.340 e. The van der Waals surface area contributed by atoms with Gasteiger partial charge in [-0.15, -0.1) is 0 Å². The van der Waals surface area contributed by atoms with Crippen molar-refractivity contribution in [3.8, 4) is 5.75 Å². The van der Waals surface area contributed by atoms with Crippen LogP contribution in [0.2, 0.25) is 0 Å². The van der Waals surface area contributed by atoms with Crippen molar-refractivity contribution in [3.63, 3.8) is 0 Å². The molecule has 0 radical (unpaired) electrons. The molecule has 0 aromatic heterocycles. The molecular formula is C23H23NO4. The normalized spacial score (nSPS) is 16.5. The molecule has 144 valence electrons. The highest BCUT2D eigenvalue weighted by molar-refractivity contribution is 6.16. The van der Waals surface area contributed by atoms with Crippen molar-refractivity contribution in [2.24, 2.45) is 0 Å². The number of hydrogen-bond donors (Lipinski definition) is 0. The van der Waals surface area contributed by atoms with Crippen LogP contribution in [0.25, 0.3) is 6.08 Å². The third-order valence-corrected chi connectivity index (χ3v) is 4.93. The van der Waals surface area contributed by atoms with Crippen molar-refractivity contribution in [1.29, 1.82) is 0 Å². The summed E-state index contributed by atoms with van der Waals surface area (Å²) in [5, 5.41) is 0. The van der Waals surface area contributed by atoms with Crippen LogP contribution in [0.15, 0.2) is 71.4 Å². The van der Waals surface area contributed by atoms with E-state index in [1.807, 2.05) is 61.5 Å². The molecule has 28 heavy (non-hydrogen) atoms. The molecule has 5 nitrogen and oxygen atoms in total. The number of allylic oxidation sites excluding steroid dienone is 1. The van der Waals surface area contributed by atoms with Crippen LogP contribution >= 0.6 is 0 Å². The zero-order valence-corrected chi connectivity index (χ0v) is 16.4. The van der Waals surface area contributed by atoms with Crippen molar-refractivity contribution in [2.45, 2.75) is 19.9 Å². The molecule has 2 aromatic carbocycles. The number of esters is 1. The zero-order chi connectivity index (χ0) is 20.3. The number of carbonyl (C=O) groups excluding carboxylic acids is 2. The van der Waals surface area contributed by atoms with Crippen LogP contribution in [0.3, 0.4) is 0 Å². The topological polar surface area (TPSA) is 55.8 Å². The van der Waals surface area contributed by atoms with Gasteiger partial charge in [0.15, 0.2) is 0 Å². The lowest BCUT2D eigenvalue weighted by atomic mass is 10.0. The maximum atomic E-state index is 13.3. The van der Waals surface area contributed by atoms with Crippen LogP contribution in [0.1, 0.15) is 31.0 Å². The van der Waals surface area contributed by atoms with Gasteiger partial charge >= 0.3 is 5.97 Å². The molecule has 0 spiro atoms. The molecule has 1 aliphatic heterocycles. The summed E-state index contributed by atoms with van der Waals surface area (Å²) in [5.74, 6) is -0.0161. The van der Waals surface area contributed by atoms with Crippen LogP contribution < -0.4 is 4.74 Å². The van der Waals surface area contributed by atoms with E-state index in [2.05, 4.69) is 0 Å². The first-order valence-corrected chi connectivity index (χ1v) is 9.01. The van der Waals surface area contributed by atoms with Crippen LogP contribution in [0, 0.1) is 0 Å². The minimum atomic E-state index is -0.520. The van der Waals surface area contributed by atoms with Crippen molar-refractivity contribution in [3.05, 3.63) is 82.6 Å². The maximum absolute atomic E-state index is 13.3. The number of carbonyl (C=O) groups is 2. The monoisotopic (exact) mass is 377 g/mol. The number of hydrogen-bond acceptors (Lipinski definition) is 4. The molecule has 0 bridgehead atoms. The average molecular weight is 377 g/mol. The molecule has 2 aromatic rings. The summed E-state index contributed by atoms with van der Waals surface area (Å²) in [6.45, 7) is 3.72. The van der Waals surface area contributed by atoms with E-state index in [0.29, 0.717) is 16.8 Å². The van der Waals surface area contributed by atoms with Crippen molar-refractivity contribution in [2.75, 3.05) is 14.2 Å². The van der Waals surface area contributed by atoms with E-state index in [1.165, 1.54) is 7.11 Å². The van der Waals surface area contributed by atoms with Crippen LogP contribution in [0.5, 0.6) is 5.75 Å². The van der Waals surface area contributed by atoms with Gasteiger partial charge in [0.05, 0.1) is 31.4 Å². The predicted octanol–water partition coefficient (Wildman–Crippen LogP) is 4.13. The maximum Gasteiger partial charge on any atom is 0.340 e. The summed E-state index contributed by atoms with van der Waals surface area (Å²) in [6.07, 6.45) is 1.72. The van der Waals surface area contributed by atoms with E-state index in [-0.39, 0.29) is 11.9 Å². The Bertz CT molecular complexity index is 942. The lowest BCUT2D eigenvalue weighted by molar-refractivity contribution is -0.136. The summed E-state index contributed by atoms with van der Waals surface area (Å²) in [7, 11) is 2.92. The van der Waals surface area contributed by atoms with Crippen molar-refractivity contribution >= 4 is 18.0 Å². The van der Waals surface area contributed by atoms with E-state index in [4.69, 9.17) is 9.47 Å². The summed E-state index contributed by atoms with van der Waals surface area (Å²) < 4.78 is 10.1. The van der Waals surface area contributed by atoms with E-state index in [0.717, 1.165) is 16.9 Å². The minimum Gasteiger partial charge on any atom is -0.497 e. The Kier molecular flexibility index (Phi) is 5.64. The molecular weight excluding hydrogens is 354 g/mol. The number of benzene rings is 2. The molecule has 0 N–H and O–H groups in total. The highest BCUT2D eigenvalue weighted by Crippen LogP contribution is 2.37.